The zero-order chi connectivity index (χ0) is 24.2. The van der Waals surface area contributed by atoms with Gasteiger partial charge in [0.15, 0.2) is 28.8 Å². The molecule has 0 aliphatic carbocycles. The Kier molecular flexibility index (Phi) is 10.4. The maximum Gasteiger partial charge on any atom is 0.193 e. The molecule has 0 saturated heterocycles. The van der Waals surface area contributed by atoms with E-state index in [1.54, 1.807) is 31.4 Å². The van der Waals surface area contributed by atoms with Crippen molar-refractivity contribution in [1.82, 2.24) is 0 Å². The van der Waals surface area contributed by atoms with Crippen LogP contribution in [0.2, 0.25) is 0 Å². The predicted molar refractivity (Wildman–Crippen MR) is 129 cm³/mol. The first kappa shape index (κ1) is 25.9. The van der Waals surface area contributed by atoms with Gasteiger partial charge in [-0.05, 0) is 65.0 Å². The number of methoxy groups -OCH3 is 1. The summed E-state index contributed by atoms with van der Waals surface area (Å²) in [5.74, 6) is 2.69. The Bertz CT molecular complexity index is 950. The lowest BCUT2D eigenvalue weighted by Gasteiger charge is -2.17. The van der Waals surface area contributed by atoms with E-state index in [0.717, 1.165) is 0 Å². The highest BCUT2D eigenvalue weighted by atomic mass is 16.5. The van der Waals surface area contributed by atoms with Gasteiger partial charge in [-0.2, -0.15) is 0 Å². The first-order valence-corrected chi connectivity index (χ1v) is 11.3. The van der Waals surface area contributed by atoms with E-state index < -0.39 is 0 Å². The van der Waals surface area contributed by atoms with Gasteiger partial charge in [-0.1, -0.05) is 0 Å². The van der Waals surface area contributed by atoms with Gasteiger partial charge in [0.05, 0.1) is 40.1 Å². The minimum absolute atomic E-state index is 0.285. The van der Waals surface area contributed by atoms with Crippen LogP contribution in [-0.2, 0) is 0 Å². The average molecular weight is 459 g/mol. The molecule has 0 saturated carbocycles. The number of ether oxygens (including phenoxy) is 6. The van der Waals surface area contributed by atoms with Crippen LogP contribution in [0.1, 0.15) is 50.5 Å². The molecule has 0 aliphatic heterocycles. The summed E-state index contributed by atoms with van der Waals surface area (Å²) in [6, 6.07) is 7.05. The molecule has 0 aliphatic rings. The molecule has 0 bridgehead atoms. The fourth-order valence-corrected chi connectivity index (χ4v) is 3.28. The molecular weight excluding hydrogens is 424 g/mol. The highest BCUT2D eigenvalue weighted by molar-refractivity contribution is 6.11. The number of hydrogen-bond acceptors (Lipinski definition) is 7. The summed E-state index contributed by atoms with van der Waals surface area (Å²) in [5, 5.41) is 0. The topological polar surface area (TPSA) is 72.5 Å². The van der Waals surface area contributed by atoms with E-state index in [0.29, 0.717) is 78.7 Å². The highest BCUT2D eigenvalue weighted by Crippen LogP contribution is 2.40. The van der Waals surface area contributed by atoms with Gasteiger partial charge in [0, 0.05) is 11.6 Å². The third kappa shape index (κ3) is 6.57. The predicted octanol–water partition coefficient (Wildman–Crippen LogP) is 5.58. The summed E-state index contributed by atoms with van der Waals surface area (Å²) in [6.07, 6.45) is 3.14. The Hall–Kier alpha value is -3.35. The van der Waals surface area contributed by atoms with Crippen molar-refractivity contribution < 1.29 is 33.2 Å². The Balaban J connectivity index is 2.57. The average Bonchev–Trinajstić information content (AvgIpc) is 2.81. The van der Waals surface area contributed by atoms with Crippen LogP contribution < -0.4 is 28.4 Å². The van der Waals surface area contributed by atoms with Gasteiger partial charge < -0.3 is 28.4 Å². The van der Waals surface area contributed by atoms with Gasteiger partial charge in [-0.3, -0.25) is 4.79 Å². The number of ketones is 1. The molecule has 0 amide bonds. The van der Waals surface area contributed by atoms with Gasteiger partial charge in [-0.25, -0.2) is 0 Å². The van der Waals surface area contributed by atoms with Crippen molar-refractivity contribution in [3.8, 4) is 34.5 Å². The van der Waals surface area contributed by atoms with Crippen LogP contribution in [0.5, 0.6) is 34.5 Å². The number of carbonyl (C=O) groups is 1. The van der Waals surface area contributed by atoms with Crippen molar-refractivity contribution in [3.63, 3.8) is 0 Å². The summed E-state index contributed by atoms with van der Waals surface area (Å²) in [5.41, 5.74) is 0.969. The van der Waals surface area contributed by atoms with Crippen LogP contribution in [0.25, 0.3) is 6.08 Å². The molecule has 7 nitrogen and oxygen atoms in total. The lowest BCUT2D eigenvalue weighted by molar-refractivity contribution is 0.103. The van der Waals surface area contributed by atoms with E-state index in [4.69, 9.17) is 28.4 Å². The number of rotatable bonds is 14. The van der Waals surface area contributed by atoms with E-state index in [-0.39, 0.29) is 5.78 Å². The molecule has 0 fully saturated rings. The monoisotopic (exact) mass is 458 g/mol. The molecule has 0 heterocycles. The molecule has 7 heteroatoms. The fraction of sp³-hybridized carbons (Fsp3) is 0.423. The summed E-state index contributed by atoms with van der Waals surface area (Å²) in [4.78, 5) is 13.4. The van der Waals surface area contributed by atoms with E-state index >= 15 is 0 Å². The molecule has 180 valence electrons. The molecule has 0 unspecified atom stereocenters. The second-order valence-electron chi connectivity index (χ2n) is 6.67. The minimum atomic E-state index is -0.285. The lowest BCUT2D eigenvalue weighted by atomic mass is 10.0. The van der Waals surface area contributed by atoms with Crippen LogP contribution in [-0.4, -0.2) is 45.9 Å². The van der Waals surface area contributed by atoms with Crippen molar-refractivity contribution in [2.45, 2.75) is 34.6 Å². The molecule has 0 aromatic heterocycles. The smallest absolute Gasteiger partial charge is 0.193 e. The van der Waals surface area contributed by atoms with Gasteiger partial charge in [-0.15, -0.1) is 0 Å². The molecule has 0 atom stereocenters. The van der Waals surface area contributed by atoms with Crippen molar-refractivity contribution >= 4 is 11.9 Å². The summed E-state index contributed by atoms with van der Waals surface area (Å²) >= 11 is 0. The Morgan fingerprint density at radius 3 is 1.91 bits per heavy atom. The molecule has 2 aromatic carbocycles. The normalized spacial score (nSPS) is 10.7. The largest absolute Gasteiger partial charge is 0.494 e. The highest BCUT2D eigenvalue weighted by Gasteiger charge is 2.22. The Morgan fingerprint density at radius 2 is 1.30 bits per heavy atom. The first-order chi connectivity index (χ1) is 16.0. The molecule has 0 spiro atoms. The fourth-order valence-electron chi connectivity index (χ4n) is 3.28. The van der Waals surface area contributed by atoms with Crippen molar-refractivity contribution in [3.05, 3.63) is 41.5 Å². The molecule has 2 aromatic rings. The maximum atomic E-state index is 13.4. The first-order valence-electron chi connectivity index (χ1n) is 11.3. The second-order valence-corrected chi connectivity index (χ2v) is 6.67. The van der Waals surface area contributed by atoms with E-state index in [1.165, 1.54) is 6.08 Å². The number of allylic oxidation sites excluding steroid dienone is 1. The SMILES string of the molecule is CCOc1cc(C=CC(=O)c2c(OCC)ccc(OCC)c2OCC)c(OCC)c(OC)c1. The summed E-state index contributed by atoms with van der Waals surface area (Å²) in [7, 11) is 1.56. The third-order valence-electron chi connectivity index (χ3n) is 4.51. The third-order valence-corrected chi connectivity index (χ3v) is 4.51. The molecular formula is C26H34O7. The van der Waals surface area contributed by atoms with E-state index in [9.17, 15) is 4.79 Å². The van der Waals surface area contributed by atoms with E-state index in [1.807, 2.05) is 40.7 Å². The minimum Gasteiger partial charge on any atom is -0.494 e. The van der Waals surface area contributed by atoms with Gasteiger partial charge in [0.2, 0.25) is 0 Å². The Labute approximate surface area is 196 Å². The van der Waals surface area contributed by atoms with Gasteiger partial charge in [0.1, 0.15) is 17.1 Å². The van der Waals surface area contributed by atoms with Crippen molar-refractivity contribution in [2.24, 2.45) is 0 Å². The lowest BCUT2D eigenvalue weighted by Crippen LogP contribution is -2.08. The number of hydrogen-bond donors (Lipinski definition) is 0. The van der Waals surface area contributed by atoms with E-state index in [2.05, 4.69) is 0 Å². The van der Waals surface area contributed by atoms with Crippen LogP contribution in [0.15, 0.2) is 30.3 Å². The van der Waals surface area contributed by atoms with Crippen LogP contribution in [0.4, 0.5) is 0 Å². The molecule has 0 radical (unpaired) electrons. The van der Waals surface area contributed by atoms with Crippen LogP contribution >= 0.6 is 0 Å². The zero-order valence-corrected chi connectivity index (χ0v) is 20.4. The van der Waals surface area contributed by atoms with Gasteiger partial charge >= 0.3 is 0 Å². The quantitative estimate of drug-likeness (QED) is 0.270. The van der Waals surface area contributed by atoms with Gasteiger partial charge in [0.25, 0.3) is 0 Å². The van der Waals surface area contributed by atoms with Crippen LogP contribution in [0.3, 0.4) is 0 Å². The number of benzene rings is 2. The van der Waals surface area contributed by atoms with Crippen molar-refractivity contribution in [1.29, 1.82) is 0 Å². The standard InChI is InChI=1S/C26H34O7/c1-7-29-19-16-18(25(32-10-4)23(17-19)28-6)12-13-20(27)24-21(30-8-2)14-15-22(31-9-3)26(24)33-11-5/h12-17H,7-11H2,1-6H3. The van der Waals surface area contributed by atoms with Crippen LogP contribution in [0, 0.1) is 0 Å². The summed E-state index contributed by atoms with van der Waals surface area (Å²) in [6.45, 7) is 11.5. The molecule has 2 rings (SSSR count). The maximum absolute atomic E-state index is 13.4. The van der Waals surface area contributed by atoms with Crippen molar-refractivity contribution in [2.75, 3.05) is 40.1 Å². The second kappa shape index (κ2) is 13.3. The Morgan fingerprint density at radius 1 is 0.727 bits per heavy atom. The number of carbonyl (C=O) groups excluding carboxylic acids is 1. The molecule has 0 N–H and O–H groups in total. The summed E-state index contributed by atoms with van der Waals surface area (Å²) < 4.78 is 34.1. The zero-order valence-electron chi connectivity index (χ0n) is 20.4. The molecule has 33 heavy (non-hydrogen) atoms.